The lowest BCUT2D eigenvalue weighted by Gasteiger charge is -2.38. The molecule has 1 aliphatic heterocycles. The Bertz CT molecular complexity index is 997. The van der Waals surface area contributed by atoms with Crippen molar-refractivity contribution in [1.82, 2.24) is 9.80 Å². The highest BCUT2D eigenvalue weighted by molar-refractivity contribution is 5.98. The second-order valence-corrected chi connectivity index (χ2v) is 10.5. The molecule has 0 aromatic heterocycles. The number of hydrogen-bond donors (Lipinski definition) is 1. The van der Waals surface area contributed by atoms with Crippen LogP contribution < -0.4 is 10.1 Å². The maximum absolute atomic E-state index is 13.6. The Hall–Kier alpha value is -2.82. The molecule has 3 rings (SSSR count). The van der Waals surface area contributed by atoms with Gasteiger partial charge in [-0.25, -0.2) is 0 Å². The maximum Gasteiger partial charge on any atom is 0.397 e. The van der Waals surface area contributed by atoms with E-state index in [0.29, 0.717) is 6.54 Å². The minimum absolute atomic E-state index is 0.0423. The zero-order valence-corrected chi connectivity index (χ0v) is 22.5. The van der Waals surface area contributed by atoms with Gasteiger partial charge in [0.15, 0.2) is 0 Å². The first-order valence-electron chi connectivity index (χ1n) is 13.1. The lowest BCUT2D eigenvalue weighted by Crippen LogP contribution is -2.50. The van der Waals surface area contributed by atoms with Crippen molar-refractivity contribution in [1.29, 1.82) is 0 Å². The van der Waals surface area contributed by atoms with Crippen molar-refractivity contribution in [3.05, 3.63) is 23.8 Å². The molecule has 1 aromatic carbocycles. The number of ether oxygens (including phenoxy) is 2. The van der Waals surface area contributed by atoms with Crippen LogP contribution >= 0.6 is 0 Å². The van der Waals surface area contributed by atoms with Crippen molar-refractivity contribution in [2.45, 2.75) is 70.7 Å². The fourth-order valence-corrected chi connectivity index (χ4v) is 5.13. The third-order valence-electron chi connectivity index (χ3n) is 7.33. The number of hydrogen-bond acceptors (Lipinski definition) is 5. The molecule has 3 atom stereocenters. The number of amides is 3. The first kappa shape index (κ1) is 29.7. The van der Waals surface area contributed by atoms with Crippen LogP contribution in [0.2, 0.25) is 0 Å². The van der Waals surface area contributed by atoms with Gasteiger partial charge in [-0.05, 0) is 31.9 Å². The van der Waals surface area contributed by atoms with Gasteiger partial charge in [0.2, 0.25) is 11.8 Å². The second kappa shape index (κ2) is 12.8. The number of alkyl halides is 3. The zero-order chi connectivity index (χ0) is 28.0. The molecule has 11 heteroatoms. The van der Waals surface area contributed by atoms with Crippen LogP contribution in [0.25, 0.3) is 0 Å². The minimum atomic E-state index is -4.64. The summed E-state index contributed by atoms with van der Waals surface area (Å²) in [7, 11) is 3.21. The van der Waals surface area contributed by atoms with Gasteiger partial charge in [0, 0.05) is 50.8 Å². The summed E-state index contributed by atoms with van der Waals surface area (Å²) in [4.78, 5) is 42.1. The van der Waals surface area contributed by atoms with E-state index in [0.717, 1.165) is 32.1 Å². The van der Waals surface area contributed by atoms with Crippen molar-refractivity contribution in [3.8, 4) is 5.75 Å². The molecule has 1 aliphatic carbocycles. The van der Waals surface area contributed by atoms with Gasteiger partial charge in [-0.3, -0.25) is 14.4 Å². The molecule has 1 N–H and O–H groups in total. The Kier molecular flexibility index (Phi) is 10.0. The Morgan fingerprint density at radius 2 is 1.82 bits per heavy atom. The molecule has 3 amide bonds. The molecule has 0 radical (unpaired) electrons. The number of carbonyl (C=O) groups is 3. The topological polar surface area (TPSA) is 88.2 Å². The van der Waals surface area contributed by atoms with E-state index in [1.807, 2.05) is 18.7 Å². The summed E-state index contributed by atoms with van der Waals surface area (Å²) in [5.41, 5.74) is 0.272. The Balaban J connectivity index is 1.92. The number of carbonyl (C=O) groups excluding carboxylic acids is 3. The van der Waals surface area contributed by atoms with E-state index < -0.39 is 18.5 Å². The average molecular weight is 542 g/mol. The smallest absolute Gasteiger partial charge is 0.397 e. The first-order valence-corrected chi connectivity index (χ1v) is 13.1. The number of halogens is 3. The zero-order valence-electron chi connectivity index (χ0n) is 22.5. The van der Waals surface area contributed by atoms with Gasteiger partial charge in [-0.1, -0.05) is 26.2 Å². The lowest BCUT2D eigenvalue weighted by atomic mass is 9.87. The molecule has 0 unspecified atom stereocenters. The van der Waals surface area contributed by atoms with Crippen LogP contribution in [0.3, 0.4) is 0 Å². The molecule has 38 heavy (non-hydrogen) atoms. The van der Waals surface area contributed by atoms with Crippen molar-refractivity contribution >= 4 is 23.4 Å². The second-order valence-electron chi connectivity index (χ2n) is 10.5. The van der Waals surface area contributed by atoms with Crippen LogP contribution in [0, 0.1) is 11.8 Å². The van der Waals surface area contributed by atoms with Gasteiger partial charge in [-0.15, -0.1) is 0 Å². The lowest BCUT2D eigenvalue weighted by molar-refractivity contribution is -0.150. The summed E-state index contributed by atoms with van der Waals surface area (Å²) in [6, 6.07) is 3.79. The van der Waals surface area contributed by atoms with Crippen LogP contribution in [-0.2, 0) is 14.3 Å². The number of nitrogens with one attached hydrogen (secondary N) is 1. The fourth-order valence-electron chi connectivity index (χ4n) is 5.13. The normalized spacial score (nSPS) is 24.1. The van der Waals surface area contributed by atoms with Crippen LogP contribution in [0.5, 0.6) is 5.75 Å². The molecular formula is C27H38F3N3O5. The van der Waals surface area contributed by atoms with Gasteiger partial charge < -0.3 is 24.6 Å². The largest absolute Gasteiger partial charge is 0.491 e. The van der Waals surface area contributed by atoms with Gasteiger partial charge in [0.25, 0.3) is 5.91 Å². The van der Waals surface area contributed by atoms with Crippen molar-refractivity contribution < 1.29 is 37.0 Å². The highest BCUT2D eigenvalue weighted by Crippen LogP contribution is 2.30. The quantitative estimate of drug-likeness (QED) is 0.607. The Morgan fingerprint density at radius 3 is 2.45 bits per heavy atom. The summed E-state index contributed by atoms with van der Waals surface area (Å²) in [5, 5.41) is 2.22. The monoisotopic (exact) mass is 541 g/mol. The maximum atomic E-state index is 13.6. The van der Waals surface area contributed by atoms with Crippen LogP contribution in [0.15, 0.2) is 18.2 Å². The van der Waals surface area contributed by atoms with Crippen molar-refractivity contribution in [2.75, 3.05) is 39.2 Å². The number of likely N-dealkylation sites (N-methyl/N-ethyl adjacent to an activating group) is 1. The van der Waals surface area contributed by atoms with E-state index in [1.54, 1.807) is 14.2 Å². The molecule has 212 valence electrons. The van der Waals surface area contributed by atoms with E-state index in [9.17, 15) is 27.6 Å². The summed E-state index contributed by atoms with van der Waals surface area (Å²) in [5.74, 6) is -1.48. The predicted molar refractivity (Wildman–Crippen MR) is 136 cm³/mol. The van der Waals surface area contributed by atoms with Crippen LogP contribution in [-0.4, -0.2) is 79.7 Å². The first-order chi connectivity index (χ1) is 17.9. The number of methoxy groups -OCH3 is 1. The predicted octanol–water partition coefficient (Wildman–Crippen LogP) is 4.49. The standard InChI is InChI=1S/C27H38F3N3O5/c1-17-14-33(25(35)19-8-6-5-7-9-19)18(2)16-38-22-12-20(31-24(34)13-27(28,29)30)10-11-21(22)26(36)32(3)15-23(17)37-4/h10-12,17-19,23H,5-9,13-16H2,1-4H3,(H,31,34)/t17-,18+,23-/m0/s1. The minimum Gasteiger partial charge on any atom is -0.491 e. The number of nitrogens with zero attached hydrogens (tertiary/aromatic N) is 2. The summed E-state index contributed by atoms with van der Waals surface area (Å²) in [6.07, 6.45) is -1.72. The molecule has 2 aliphatic rings. The number of anilines is 1. The molecule has 0 spiro atoms. The van der Waals surface area contributed by atoms with E-state index in [-0.39, 0.29) is 65.9 Å². The summed E-state index contributed by atoms with van der Waals surface area (Å²) in [6.45, 7) is 4.63. The molecular weight excluding hydrogens is 503 g/mol. The van der Waals surface area contributed by atoms with E-state index in [4.69, 9.17) is 9.47 Å². The van der Waals surface area contributed by atoms with Gasteiger partial charge in [-0.2, -0.15) is 13.2 Å². The molecule has 0 bridgehead atoms. The van der Waals surface area contributed by atoms with E-state index in [2.05, 4.69) is 5.32 Å². The number of rotatable bonds is 4. The number of fused-ring (bicyclic) bond motifs is 1. The highest BCUT2D eigenvalue weighted by atomic mass is 19.4. The van der Waals surface area contributed by atoms with Gasteiger partial charge >= 0.3 is 6.18 Å². The summed E-state index contributed by atoms with van der Waals surface area (Å²) < 4.78 is 49.6. The molecule has 1 aromatic rings. The van der Waals surface area contributed by atoms with Crippen molar-refractivity contribution in [3.63, 3.8) is 0 Å². The van der Waals surface area contributed by atoms with Gasteiger partial charge in [0.1, 0.15) is 18.8 Å². The third-order valence-corrected chi connectivity index (χ3v) is 7.33. The summed E-state index contributed by atoms with van der Waals surface area (Å²) >= 11 is 0. The molecule has 1 heterocycles. The SMILES string of the molecule is CO[C@H]1CN(C)C(=O)c2ccc(NC(=O)CC(F)(F)F)cc2OC[C@@H](C)N(C(=O)C2CCCCC2)C[C@@H]1C. The third kappa shape index (κ3) is 7.85. The van der Waals surface area contributed by atoms with Crippen LogP contribution in [0.4, 0.5) is 18.9 Å². The Labute approximate surface area is 221 Å². The molecule has 1 fully saturated rings. The average Bonchev–Trinajstić information content (AvgIpc) is 2.86. The molecule has 1 saturated carbocycles. The Morgan fingerprint density at radius 1 is 1.13 bits per heavy atom. The molecule has 8 nitrogen and oxygen atoms in total. The van der Waals surface area contributed by atoms with E-state index >= 15 is 0 Å². The highest BCUT2D eigenvalue weighted by Gasteiger charge is 2.34. The van der Waals surface area contributed by atoms with Crippen molar-refractivity contribution in [2.24, 2.45) is 11.8 Å². The fraction of sp³-hybridized carbons (Fsp3) is 0.667. The van der Waals surface area contributed by atoms with E-state index in [1.165, 1.54) is 23.1 Å². The number of benzene rings is 1. The molecule has 0 saturated heterocycles. The van der Waals surface area contributed by atoms with Crippen LogP contribution in [0.1, 0.15) is 62.7 Å². The van der Waals surface area contributed by atoms with Gasteiger partial charge in [0.05, 0.1) is 17.7 Å².